The van der Waals surface area contributed by atoms with E-state index < -0.39 is 0 Å². The van der Waals surface area contributed by atoms with Crippen LogP contribution in [0.15, 0.2) is 36.4 Å². The Kier molecular flexibility index (Phi) is 6.21. The summed E-state index contributed by atoms with van der Waals surface area (Å²) in [5, 5.41) is 2.97. The molecule has 1 saturated heterocycles. The second kappa shape index (κ2) is 8.79. The first-order valence-corrected chi connectivity index (χ1v) is 9.65. The molecule has 2 aromatic rings. The van der Waals surface area contributed by atoms with Gasteiger partial charge >= 0.3 is 0 Å². The second-order valence-corrected chi connectivity index (χ2v) is 7.10. The summed E-state index contributed by atoms with van der Waals surface area (Å²) in [6, 6.07) is 11.7. The zero-order valence-electron chi connectivity index (χ0n) is 15.7. The van der Waals surface area contributed by atoms with E-state index in [1.165, 1.54) is 6.42 Å². The van der Waals surface area contributed by atoms with Crippen LogP contribution < -0.4 is 10.2 Å². The molecule has 5 heteroatoms. The Balaban J connectivity index is 1.92. The third-order valence-electron chi connectivity index (χ3n) is 4.77. The highest BCUT2D eigenvalue weighted by Gasteiger charge is 2.21. The SMILES string of the molecule is CCCCNC(=O)c1cc(N2CCCC(C)C2)nc(-c2ccccc2)n1. The van der Waals surface area contributed by atoms with Crippen LogP contribution in [0, 0.1) is 5.92 Å². The van der Waals surface area contributed by atoms with Crippen LogP contribution in [0.1, 0.15) is 50.0 Å². The lowest BCUT2D eigenvalue weighted by atomic mass is 10.0. The molecule has 5 nitrogen and oxygen atoms in total. The number of hydrogen-bond donors (Lipinski definition) is 1. The van der Waals surface area contributed by atoms with Gasteiger partial charge in [-0.15, -0.1) is 0 Å². The lowest BCUT2D eigenvalue weighted by Gasteiger charge is -2.32. The predicted molar refractivity (Wildman–Crippen MR) is 105 cm³/mol. The standard InChI is InChI=1S/C21H28N4O/c1-3-4-12-22-21(26)18-14-19(25-13-8-9-16(2)15-25)24-20(23-18)17-10-6-5-7-11-17/h5-7,10-11,14,16H,3-4,8-9,12-13,15H2,1-2H3,(H,22,26). The molecule has 0 bridgehead atoms. The fourth-order valence-electron chi connectivity index (χ4n) is 3.30. The smallest absolute Gasteiger partial charge is 0.270 e. The van der Waals surface area contributed by atoms with Gasteiger partial charge in [0.1, 0.15) is 11.5 Å². The van der Waals surface area contributed by atoms with Crippen LogP contribution >= 0.6 is 0 Å². The maximum atomic E-state index is 12.6. The van der Waals surface area contributed by atoms with Crippen molar-refractivity contribution in [2.45, 2.75) is 39.5 Å². The van der Waals surface area contributed by atoms with Gasteiger partial charge in [-0.25, -0.2) is 9.97 Å². The maximum Gasteiger partial charge on any atom is 0.270 e. The molecular formula is C21H28N4O. The number of carbonyl (C=O) groups excluding carboxylic acids is 1. The van der Waals surface area contributed by atoms with Gasteiger partial charge in [-0.3, -0.25) is 4.79 Å². The molecule has 26 heavy (non-hydrogen) atoms. The highest BCUT2D eigenvalue weighted by molar-refractivity contribution is 5.93. The van der Waals surface area contributed by atoms with Gasteiger partial charge in [-0.2, -0.15) is 0 Å². The van der Waals surface area contributed by atoms with Crippen LogP contribution in [0.3, 0.4) is 0 Å². The lowest BCUT2D eigenvalue weighted by Crippen LogP contribution is -2.35. The summed E-state index contributed by atoms with van der Waals surface area (Å²) < 4.78 is 0. The minimum absolute atomic E-state index is 0.121. The van der Waals surface area contributed by atoms with Gasteiger partial charge in [-0.1, -0.05) is 50.6 Å². The molecule has 0 saturated carbocycles. The lowest BCUT2D eigenvalue weighted by molar-refractivity contribution is 0.0948. The third-order valence-corrected chi connectivity index (χ3v) is 4.77. The summed E-state index contributed by atoms with van der Waals surface area (Å²) in [6.45, 7) is 7.01. The third kappa shape index (κ3) is 4.59. The minimum Gasteiger partial charge on any atom is -0.356 e. The number of unbranched alkanes of at least 4 members (excludes halogenated alkanes) is 1. The monoisotopic (exact) mass is 352 g/mol. The normalized spacial score (nSPS) is 17.2. The summed E-state index contributed by atoms with van der Waals surface area (Å²) >= 11 is 0. The maximum absolute atomic E-state index is 12.6. The largest absolute Gasteiger partial charge is 0.356 e. The first-order chi connectivity index (χ1) is 12.7. The Morgan fingerprint density at radius 2 is 2.08 bits per heavy atom. The predicted octanol–water partition coefficient (Wildman–Crippen LogP) is 3.91. The van der Waals surface area contributed by atoms with Gasteiger partial charge in [-0.05, 0) is 25.2 Å². The minimum atomic E-state index is -0.121. The van der Waals surface area contributed by atoms with Crippen LogP contribution in [0.25, 0.3) is 11.4 Å². The summed E-state index contributed by atoms with van der Waals surface area (Å²) in [7, 11) is 0. The number of benzene rings is 1. The highest BCUT2D eigenvalue weighted by Crippen LogP contribution is 2.24. The fourth-order valence-corrected chi connectivity index (χ4v) is 3.30. The van der Waals surface area contributed by atoms with Crippen LogP contribution in [0.2, 0.25) is 0 Å². The highest BCUT2D eigenvalue weighted by atomic mass is 16.1. The first kappa shape index (κ1) is 18.4. The molecule has 0 radical (unpaired) electrons. The average Bonchev–Trinajstić information content (AvgIpc) is 2.68. The Bertz CT molecular complexity index is 732. The summed E-state index contributed by atoms with van der Waals surface area (Å²) in [6.07, 6.45) is 4.43. The Labute approximate surface area is 155 Å². The summed E-state index contributed by atoms with van der Waals surface area (Å²) in [5.41, 5.74) is 1.38. The molecule has 1 N–H and O–H groups in total. The number of piperidine rings is 1. The molecule has 1 atom stereocenters. The zero-order valence-corrected chi connectivity index (χ0v) is 15.7. The Hall–Kier alpha value is -2.43. The van der Waals surface area contributed by atoms with Crippen molar-refractivity contribution in [1.82, 2.24) is 15.3 Å². The van der Waals surface area contributed by atoms with Crippen LogP contribution in [0.5, 0.6) is 0 Å². The van der Waals surface area contributed by atoms with Crippen molar-refractivity contribution in [2.24, 2.45) is 5.92 Å². The van der Waals surface area contributed by atoms with E-state index >= 15 is 0 Å². The first-order valence-electron chi connectivity index (χ1n) is 9.65. The van der Waals surface area contributed by atoms with Crippen molar-refractivity contribution in [3.8, 4) is 11.4 Å². The second-order valence-electron chi connectivity index (χ2n) is 7.10. The molecule has 2 heterocycles. The molecule has 1 fully saturated rings. The van der Waals surface area contributed by atoms with Crippen molar-refractivity contribution in [3.63, 3.8) is 0 Å². The van der Waals surface area contributed by atoms with Crippen molar-refractivity contribution < 1.29 is 4.79 Å². The molecule has 0 aliphatic carbocycles. The molecule has 3 rings (SSSR count). The van der Waals surface area contributed by atoms with E-state index in [2.05, 4.69) is 29.0 Å². The molecular weight excluding hydrogens is 324 g/mol. The fraction of sp³-hybridized carbons (Fsp3) is 0.476. The van der Waals surface area contributed by atoms with E-state index in [1.807, 2.05) is 36.4 Å². The number of nitrogens with zero attached hydrogens (tertiary/aromatic N) is 3. The molecule has 1 aliphatic heterocycles. The molecule has 1 aliphatic rings. The number of rotatable bonds is 6. The average molecular weight is 352 g/mol. The van der Waals surface area contributed by atoms with Crippen molar-refractivity contribution in [1.29, 1.82) is 0 Å². The molecule has 138 valence electrons. The molecule has 1 aromatic carbocycles. The van der Waals surface area contributed by atoms with Gasteiger partial charge in [0.2, 0.25) is 0 Å². The molecule has 0 spiro atoms. The molecule has 1 amide bonds. The molecule has 1 aromatic heterocycles. The van der Waals surface area contributed by atoms with Crippen molar-refractivity contribution in [2.75, 3.05) is 24.5 Å². The number of aromatic nitrogens is 2. The van der Waals surface area contributed by atoms with Gasteiger partial charge < -0.3 is 10.2 Å². The Morgan fingerprint density at radius 1 is 1.27 bits per heavy atom. The number of hydrogen-bond acceptors (Lipinski definition) is 4. The summed E-state index contributed by atoms with van der Waals surface area (Å²) in [4.78, 5) is 24.2. The van der Waals surface area contributed by atoms with Crippen molar-refractivity contribution >= 4 is 11.7 Å². The van der Waals surface area contributed by atoms with Crippen LogP contribution in [-0.4, -0.2) is 35.5 Å². The van der Waals surface area contributed by atoms with Gasteiger partial charge in [0, 0.05) is 31.3 Å². The number of amides is 1. The van der Waals surface area contributed by atoms with Gasteiger partial charge in [0.25, 0.3) is 5.91 Å². The van der Waals surface area contributed by atoms with E-state index in [0.717, 1.165) is 43.7 Å². The van der Waals surface area contributed by atoms with E-state index in [9.17, 15) is 4.79 Å². The topological polar surface area (TPSA) is 58.1 Å². The van der Waals surface area contributed by atoms with Crippen LogP contribution in [0.4, 0.5) is 5.82 Å². The molecule has 1 unspecified atom stereocenters. The number of carbonyl (C=O) groups is 1. The summed E-state index contributed by atoms with van der Waals surface area (Å²) in [5.74, 6) is 1.98. The van der Waals surface area contributed by atoms with Crippen molar-refractivity contribution in [3.05, 3.63) is 42.1 Å². The number of nitrogens with one attached hydrogen (secondary N) is 1. The zero-order chi connectivity index (χ0) is 18.4. The van der Waals surface area contributed by atoms with E-state index in [1.54, 1.807) is 0 Å². The van der Waals surface area contributed by atoms with E-state index in [-0.39, 0.29) is 5.91 Å². The quantitative estimate of drug-likeness (QED) is 0.801. The Morgan fingerprint density at radius 3 is 2.81 bits per heavy atom. The number of anilines is 1. The van der Waals surface area contributed by atoms with E-state index in [4.69, 9.17) is 4.98 Å². The van der Waals surface area contributed by atoms with Crippen LogP contribution in [-0.2, 0) is 0 Å². The van der Waals surface area contributed by atoms with Gasteiger partial charge in [0.15, 0.2) is 5.82 Å². The van der Waals surface area contributed by atoms with Gasteiger partial charge in [0.05, 0.1) is 0 Å². The van der Waals surface area contributed by atoms with E-state index in [0.29, 0.717) is 24.0 Å².